The first-order valence-corrected chi connectivity index (χ1v) is 6.69. The summed E-state index contributed by atoms with van der Waals surface area (Å²) in [5, 5.41) is 22.4. The molecule has 3 aliphatic heterocycles. The number of rotatable bonds is 5. The highest BCUT2D eigenvalue weighted by molar-refractivity contribution is 5.86. The van der Waals surface area contributed by atoms with E-state index >= 15 is 0 Å². The number of hydrogen-bond acceptors (Lipinski definition) is 4. The van der Waals surface area contributed by atoms with Gasteiger partial charge in [0, 0.05) is 12.6 Å². The van der Waals surface area contributed by atoms with Crippen molar-refractivity contribution in [2.75, 3.05) is 19.6 Å². The summed E-state index contributed by atoms with van der Waals surface area (Å²) >= 11 is 0. The van der Waals surface area contributed by atoms with Gasteiger partial charge in [-0.2, -0.15) is 0 Å². The van der Waals surface area contributed by atoms with Crippen molar-refractivity contribution in [2.45, 2.75) is 31.3 Å². The van der Waals surface area contributed by atoms with Gasteiger partial charge >= 0.3 is 18.0 Å². The number of piperidine rings is 3. The van der Waals surface area contributed by atoms with Gasteiger partial charge in [-0.15, -0.1) is 0 Å². The monoisotopic (exact) mass is 285 g/mol. The van der Waals surface area contributed by atoms with Crippen molar-refractivity contribution in [1.29, 1.82) is 0 Å². The van der Waals surface area contributed by atoms with E-state index in [-0.39, 0.29) is 6.04 Å². The van der Waals surface area contributed by atoms with Gasteiger partial charge in [0.05, 0.1) is 6.42 Å². The first kappa shape index (κ1) is 14.6. The zero-order valence-corrected chi connectivity index (χ0v) is 11.0. The molecule has 0 aromatic rings. The van der Waals surface area contributed by atoms with Crippen LogP contribution >= 0.6 is 0 Å². The second-order valence-corrected chi connectivity index (χ2v) is 5.35. The Kier molecular flexibility index (Phi) is 4.43. The molecule has 0 saturated carbocycles. The zero-order valence-electron chi connectivity index (χ0n) is 11.0. The number of carbonyl (C=O) groups is 3. The van der Waals surface area contributed by atoms with Crippen molar-refractivity contribution in [2.24, 2.45) is 5.92 Å². The fourth-order valence-electron chi connectivity index (χ4n) is 2.87. The maximum atomic E-state index is 11.8. The van der Waals surface area contributed by atoms with Crippen molar-refractivity contribution in [3.05, 3.63) is 0 Å². The summed E-state index contributed by atoms with van der Waals surface area (Å²) in [7, 11) is 0. The van der Waals surface area contributed by atoms with Crippen molar-refractivity contribution in [3.8, 4) is 0 Å². The molecule has 2 bridgehead atoms. The van der Waals surface area contributed by atoms with Crippen LogP contribution < -0.4 is 10.6 Å². The molecule has 3 fully saturated rings. The fourth-order valence-corrected chi connectivity index (χ4v) is 2.87. The Bertz CT molecular complexity index is 406. The van der Waals surface area contributed by atoms with Gasteiger partial charge in [0.2, 0.25) is 0 Å². The summed E-state index contributed by atoms with van der Waals surface area (Å²) in [6.45, 7) is 2.86. The Balaban J connectivity index is 1.85. The first-order valence-electron chi connectivity index (χ1n) is 6.69. The topological polar surface area (TPSA) is 119 Å². The number of carboxylic acid groups (broad SMARTS) is 2. The highest BCUT2D eigenvalue weighted by Gasteiger charge is 2.35. The lowest BCUT2D eigenvalue weighted by molar-refractivity contribution is -0.145. The lowest BCUT2D eigenvalue weighted by Gasteiger charge is -2.44. The van der Waals surface area contributed by atoms with Gasteiger partial charge in [0.15, 0.2) is 0 Å². The highest BCUT2D eigenvalue weighted by atomic mass is 16.4. The molecule has 0 spiro atoms. The summed E-state index contributed by atoms with van der Waals surface area (Å²) in [4.78, 5) is 35.5. The lowest BCUT2D eigenvalue weighted by Crippen LogP contribution is -2.59. The lowest BCUT2D eigenvalue weighted by atomic mass is 9.84. The molecular formula is C12H19N3O5. The SMILES string of the molecule is O=C(O)C[C@H](NC(=O)NC1CN2CCC1CC2)C(=O)O. The Morgan fingerprint density at radius 3 is 2.30 bits per heavy atom. The van der Waals surface area contributed by atoms with Crippen molar-refractivity contribution < 1.29 is 24.6 Å². The number of hydrogen-bond donors (Lipinski definition) is 4. The Morgan fingerprint density at radius 2 is 1.85 bits per heavy atom. The molecule has 112 valence electrons. The number of urea groups is 1. The normalized spacial score (nSPS) is 29.5. The van der Waals surface area contributed by atoms with Crippen LogP contribution in [0, 0.1) is 5.92 Å². The quantitative estimate of drug-likeness (QED) is 0.531. The van der Waals surface area contributed by atoms with E-state index in [9.17, 15) is 14.4 Å². The summed E-state index contributed by atoms with van der Waals surface area (Å²) in [5.74, 6) is -2.19. The van der Waals surface area contributed by atoms with Gasteiger partial charge in [0.1, 0.15) is 6.04 Å². The third-order valence-corrected chi connectivity index (χ3v) is 3.95. The number of aliphatic carboxylic acids is 2. The molecule has 8 nitrogen and oxygen atoms in total. The number of amides is 2. The predicted molar refractivity (Wildman–Crippen MR) is 68.3 cm³/mol. The van der Waals surface area contributed by atoms with Crippen LogP contribution in [0.3, 0.4) is 0 Å². The molecule has 2 amide bonds. The molecule has 0 aromatic heterocycles. The van der Waals surface area contributed by atoms with Crippen molar-refractivity contribution in [1.82, 2.24) is 15.5 Å². The smallest absolute Gasteiger partial charge is 0.326 e. The van der Waals surface area contributed by atoms with Crippen molar-refractivity contribution in [3.63, 3.8) is 0 Å². The number of carboxylic acids is 2. The zero-order chi connectivity index (χ0) is 14.7. The molecule has 2 atom stereocenters. The van der Waals surface area contributed by atoms with Crippen LogP contribution in [0.2, 0.25) is 0 Å². The minimum absolute atomic E-state index is 0.0109. The van der Waals surface area contributed by atoms with E-state index in [0.29, 0.717) is 5.92 Å². The van der Waals surface area contributed by atoms with Gasteiger partial charge in [-0.3, -0.25) is 4.79 Å². The molecule has 3 rings (SSSR count). The molecule has 8 heteroatoms. The van der Waals surface area contributed by atoms with E-state index in [0.717, 1.165) is 32.5 Å². The van der Waals surface area contributed by atoms with E-state index in [1.54, 1.807) is 0 Å². The minimum Gasteiger partial charge on any atom is -0.481 e. The van der Waals surface area contributed by atoms with Crippen LogP contribution in [-0.4, -0.2) is 64.8 Å². The van der Waals surface area contributed by atoms with Crippen LogP contribution in [-0.2, 0) is 9.59 Å². The third kappa shape index (κ3) is 3.60. The standard InChI is InChI=1S/C12H19N3O5/c16-10(17)5-8(11(18)19)13-12(20)14-9-6-15-3-1-7(9)2-4-15/h7-9H,1-6H2,(H,16,17)(H,18,19)(H2,13,14,20)/t8-,9?/m0/s1. The van der Waals surface area contributed by atoms with Crippen LogP contribution in [0.1, 0.15) is 19.3 Å². The van der Waals surface area contributed by atoms with Crippen LogP contribution in [0.4, 0.5) is 4.79 Å². The van der Waals surface area contributed by atoms with Gasteiger partial charge in [-0.1, -0.05) is 0 Å². The highest BCUT2D eigenvalue weighted by Crippen LogP contribution is 2.27. The van der Waals surface area contributed by atoms with E-state index in [1.807, 2.05) is 0 Å². The predicted octanol–water partition coefficient (Wildman–Crippen LogP) is -0.692. The molecule has 0 radical (unpaired) electrons. The number of nitrogens with zero attached hydrogens (tertiary/aromatic N) is 1. The number of fused-ring (bicyclic) bond motifs is 3. The fraction of sp³-hybridized carbons (Fsp3) is 0.750. The molecule has 4 N–H and O–H groups in total. The average Bonchev–Trinajstić information content (AvgIpc) is 2.38. The molecule has 3 saturated heterocycles. The first-order chi connectivity index (χ1) is 9.45. The largest absolute Gasteiger partial charge is 0.481 e. The Labute approximate surface area is 116 Å². The molecule has 3 aliphatic rings. The van der Waals surface area contributed by atoms with Crippen molar-refractivity contribution >= 4 is 18.0 Å². The molecule has 3 heterocycles. The number of nitrogens with one attached hydrogen (secondary N) is 2. The van der Waals surface area contributed by atoms with Gasteiger partial charge in [0.25, 0.3) is 0 Å². The van der Waals surface area contributed by atoms with E-state index in [4.69, 9.17) is 10.2 Å². The van der Waals surface area contributed by atoms with Crippen LogP contribution in [0.5, 0.6) is 0 Å². The summed E-state index contributed by atoms with van der Waals surface area (Å²) in [5.41, 5.74) is 0. The van der Waals surface area contributed by atoms with Crippen LogP contribution in [0.15, 0.2) is 0 Å². The van der Waals surface area contributed by atoms with E-state index in [2.05, 4.69) is 15.5 Å². The Hall–Kier alpha value is -1.83. The number of carbonyl (C=O) groups excluding carboxylic acids is 1. The summed E-state index contributed by atoms with van der Waals surface area (Å²) in [6.07, 6.45) is 1.42. The maximum Gasteiger partial charge on any atom is 0.326 e. The van der Waals surface area contributed by atoms with Gasteiger partial charge < -0.3 is 25.7 Å². The summed E-state index contributed by atoms with van der Waals surface area (Å²) in [6, 6.07) is -2.01. The molecule has 20 heavy (non-hydrogen) atoms. The van der Waals surface area contributed by atoms with E-state index in [1.165, 1.54) is 0 Å². The summed E-state index contributed by atoms with van der Waals surface area (Å²) < 4.78 is 0. The van der Waals surface area contributed by atoms with Crippen LogP contribution in [0.25, 0.3) is 0 Å². The minimum atomic E-state index is -1.41. The van der Waals surface area contributed by atoms with Gasteiger partial charge in [-0.25, -0.2) is 9.59 Å². The average molecular weight is 285 g/mol. The molecule has 0 aromatic carbocycles. The Morgan fingerprint density at radius 1 is 1.20 bits per heavy atom. The molecule has 1 unspecified atom stereocenters. The third-order valence-electron chi connectivity index (χ3n) is 3.95. The van der Waals surface area contributed by atoms with Gasteiger partial charge in [-0.05, 0) is 31.8 Å². The maximum absolute atomic E-state index is 11.8. The van der Waals surface area contributed by atoms with E-state index < -0.39 is 30.4 Å². The second kappa shape index (κ2) is 6.08. The molecule has 0 aliphatic carbocycles. The molecular weight excluding hydrogens is 266 g/mol. The second-order valence-electron chi connectivity index (χ2n) is 5.35.